The third-order valence-corrected chi connectivity index (χ3v) is 7.48. The fourth-order valence-corrected chi connectivity index (χ4v) is 5.67. The van der Waals surface area contributed by atoms with E-state index in [4.69, 9.17) is 0 Å². The first-order valence-electron chi connectivity index (χ1n) is 8.51. The molecule has 0 spiro atoms. The molecule has 0 aromatic carbocycles. The average molecular weight is 409 g/mol. The van der Waals surface area contributed by atoms with Gasteiger partial charge in [0.25, 0.3) is 15.9 Å². The maximum Gasteiger partial charge on any atom is 0.253 e. The third-order valence-electron chi connectivity index (χ3n) is 4.20. The molecule has 0 aliphatic carbocycles. The van der Waals surface area contributed by atoms with Crippen LogP contribution in [0.4, 0.5) is 0 Å². The molecule has 144 valence electrons. The summed E-state index contributed by atoms with van der Waals surface area (Å²) in [6, 6.07) is 5.81. The predicted molar refractivity (Wildman–Crippen MR) is 101 cm³/mol. The Labute approximate surface area is 161 Å². The zero-order chi connectivity index (χ0) is 19.3. The van der Waals surface area contributed by atoms with Gasteiger partial charge in [0.15, 0.2) is 0 Å². The lowest BCUT2D eigenvalue weighted by atomic mass is 10.2. The minimum absolute atomic E-state index is 0.216. The lowest BCUT2D eigenvalue weighted by Gasteiger charge is -2.22. The van der Waals surface area contributed by atoms with Gasteiger partial charge in [0, 0.05) is 32.0 Å². The monoisotopic (exact) mass is 408 g/mol. The number of amides is 2. The first kappa shape index (κ1) is 19.5. The molecule has 1 aliphatic rings. The maximum absolute atomic E-state index is 12.7. The molecule has 10 heteroatoms. The Morgan fingerprint density at radius 2 is 2.04 bits per heavy atom. The number of pyridine rings is 1. The van der Waals surface area contributed by atoms with Crippen molar-refractivity contribution in [1.82, 2.24) is 19.9 Å². The fourth-order valence-electron chi connectivity index (χ4n) is 2.89. The van der Waals surface area contributed by atoms with Crippen molar-refractivity contribution in [3.8, 4) is 0 Å². The summed E-state index contributed by atoms with van der Waals surface area (Å²) >= 11 is 1.14. The van der Waals surface area contributed by atoms with Gasteiger partial charge < -0.3 is 10.6 Å². The summed E-state index contributed by atoms with van der Waals surface area (Å²) in [6.07, 6.45) is 4.16. The van der Waals surface area contributed by atoms with Crippen molar-refractivity contribution in [1.29, 1.82) is 0 Å². The van der Waals surface area contributed by atoms with Crippen molar-refractivity contribution >= 4 is 33.2 Å². The number of carbonyl (C=O) groups is 2. The predicted octanol–water partition coefficient (Wildman–Crippen LogP) is 0.842. The summed E-state index contributed by atoms with van der Waals surface area (Å²) < 4.78 is 26.9. The van der Waals surface area contributed by atoms with E-state index in [1.54, 1.807) is 35.8 Å². The van der Waals surface area contributed by atoms with Crippen molar-refractivity contribution in [2.24, 2.45) is 0 Å². The summed E-state index contributed by atoms with van der Waals surface area (Å²) in [5.41, 5.74) is 0.438. The highest BCUT2D eigenvalue weighted by molar-refractivity contribution is 7.91. The Bertz CT molecular complexity index is 885. The van der Waals surface area contributed by atoms with Crippen LogP contribution in [0.2, 0.25) is 0 Å². The summed E-state index contributed by atoms with van der Waals surface area (Å²) in [5, 5.41) is 7.09. The molecule has 1 saturated heterocycles. The molecule has 2 N–H and O–H groups in total. The zero-order valence-corrected chi connectivity index (χ0v) is 16.1. The number of carbonyl (C=O) groups excluding carboxylic acids is 2. The molecule has 3 heterocycles. The summed E-state index contributed by atoms with van der Waals surface area (Å²) in [4.78, 5) is 28.2. The Morgan fingerprint density at radius 1 is 1.22 bits per heavy atom. The van der Waals surface area contributed by atoms with E-state index in [1.165, 1.54) is 10.5 Å². The first-order valence-corrected chi connectivity index (χ1v) is 10.8. The van der Waals surface area contributed by atoms with Gasteiger partial charge in [-0.15, -0.1) is 11.3 Å². The summed E-state index contributed by atoms with van der Waals surface area (Å²) in [7, 11) is -3.66. The van der Waals surface area contributed by atoms with Crippen LogP contribution in [-0.4, -0.2) is 55.2 Å². The van der Waals surface area contributed by atoms with Gasteiger partial charge in [-0.3, -0.25) is 14.6 Å². The molecule has 0 radical (unpaired) electrons. The number of rotatable bonds is 7. The van der Waals surface area contributed by atoms with Crippen molar-refractivity contribution in [3.05, 3.63) is 47.6 Å². The molecule has 3 rings (SSSR count). The average Bonchev–Trinajstić information content (AvgIpc) is 3.38. The molecule has 1 atom stereocenters. The molecule has 1 fully saturated rings. The molecular weight excluding hydrogens is 388 g/mol. The summed E-state index contributed by atoms with van der Waals surface area (Å²) in [5.74, 6) is -0.622. The van der Waals surface area contributed by atoms with Crippen LogP contribution in [0.25, 0.3) is 0 Å². The molecule has 2 aromatic rings. The lowest BCUT2D eigenvalue weighted by molar-refractivity contribution is -0.124. The second-order valence-corrected chi connectivity index (χ2v) is 9.06. The highest BCUT2D eigenvalue weighted by atomic mass is 32.2. The van der Waals surface area contributed by atoms with E-state index >= 15 is 0 Å². The molecule has 2 amide bonds. The maximum atomic E-state index is 12.7. The molecule has 2 aromatic heterocycles. The Morgan fingerprint density at radius 3 is 2.74 bits per heavy atom. The SMILES string of the molecule is O=C(NCCNC(=O)C1CCCN1S(=O)(=O)c1cccs1)c1cccnc1. The van der Waals surface area contributed by atoms with Crippen molar-refractivity contribution in [2.45, 2.75) is 23.1 Å². The van der Waals surface area contributed by atoms with Crippen LogP contribution in [0.15, 0.2) is 46.2 Å². The van der Waals surface area contributed by atoms with Gasteiger partial charge in [-0.05, 0) is 36.4 Å². The van der Waals surface area contributed by atoms with Gasteiger partial charge in [0.05, 0.1) is 5.56 Å². The van der Waals surface area contributed by atoms with Crippen LogP contribution in [0.3, 0.4) is 0 Å². The van der Waals surface area contributed by atoms with Crippen LogP contribution in [0, 0.1) is 0 Å². The van der Waals surface area contributed by atoms with Gasteiger partial charge in [-0.2, -0.15) is 4.31 Å². The number of nitrogens with zero attached hydrogens (tertiary/aromatic N) is 2. The van der Waals surface area contributed by atoms with E-state index in [0.717, 1.165) is 11.3 Å². The minimum Gasteiger partial charge on any atom is -0.353 e. The molecular formula is C17H20N4O4S2. The standard InChI is InChI=1S/C17H20N4O4S2/c22-16(13-4-1-7-18-12-13)19-8-9-20-17(23)14-5-2-10-21(14)27(24,25)15-6-3-11-26-15/h1,3-4,6-7,11-12,14H,2,5,8-10H2,(H,19,22)(H,20,23). The van der Waals surface area contributed by atoms with Crippen molar-refractivity contribution in [2.75, 3.05) is 19.6 Å². The third kappa shape index (κ3) is 4.52. The van der Waals surface area contributed by atoms with Gasteiger partial charge in [-0.1, -0.05) is 6.07 Å². The van der Waals surface area contributed by atoms with E-state index in [1.807, 2.05) is 0 Å². The van der Waals surface area contributed by atoms with Gasteiger partial charge in [-0.25, -0.2) is 8.42 Å². The van der Waals surface area contributed by atoms with E-state index in [9.17, 15) is 18.0 Å². The van der Waals surface area contributed by atoms with Crippen molar-refractivity contribution < 1.29 is 18.0 Å². The normalized spacial score (nSPS) is 17.6. The number of aromatic nitrogens is 1. The Balaban J connectivity index is 1.51. The highest BCUT2D eigenvalue weighted by Crippen LogP contribution is 2.28. The van der Waals surface area contributed by atoms with E-state index in [0.29, 0.717) is 24.9 Å². The van der Waals surface area contributed by atoms with Crippen LogP contribution in [-0.2, 0) is 14.8 Å². The largest absolute Gasteiger partial charge is 0.353 e. The molecule has 0 saturated carbocycles. The van der Waals surface area contributed by atoms with Crippen LogP contribution >= 0.6 is 11.3 Å². The fraction of sp³-hybridized carbons (Fsp3) is 0.353. The smallest absolute Gasteiger partial charge is 0.253 e. The number of hydrogen-bond donors (Lipinski definition) is 2. The Hall–Kier alpha value is -2.30. The van der Waals surface area contributed by atoms with Crippen LogP contribution in [0.5, 0.6) is 0 Å². The van der Waals surface area contributed by atoms with Crippen LogP contribution < -0.4 is 10.6 Å². The van der Waals surface area contributed by atoms with Gasteiger partial charge in [0.2, 0.25) is 5.91 Å². The number of hydrogen-bond acceptors (Lipinski definition) is 6. The lowest BCUT2D eigenvalue weighted by Crippen LogP contribution is -2.47. The first-order chi connectivity index (χ1) is 13.0. The van der Waals surface area contributed by atoms with Gasteiger partial charge >= 0.3 is 0 Å². The number of nitrogens with one attached hydrogen (secondary N) is 2. The molecule has 0 bridgehead atoms. The number of sulfonamides is 1. The van der Waals surface area contributed by atoms with E-state index < -0.39 is 16.1 Å². The van der Waals surface area contributed by atoms with Crippen molar-refractivity contribution in [3.63, 3.8) is 0 Å². The second-order valence-electron chi connectivity index (χ2n) is 5.99. The second kappa shape index (κ2) is 8.59. The van der Waals surface area contributed by atoms with E-state index in [2.05, 4.69) is 15.6 Å². The minimum atomic E-state index is -3.66. The van der Waals surface area contributed by atoms with Gasteiger partial charge in [0.1, 0.15) is 10.3 Å². The Kier molecular flexibility index (Phi) is 6.19. The van der Waals surface area contributed by atoms with Crippen LogP contribution in [0.1, 0.15) is 23.2 Å². The van der Waals surface area contributed by atoms with E-state index in [-0.39, 0.29) is 29.1 Å². The zero-order valence-electron chi connectivity index (χ0n) is 14.5. The molecule has 8 nitrogen and oxygen atoms in total. The number of thiophene rings is 1. The highest BCUT2D eigenvalue weighted by Gasteiger charge is 2.39. The summed E-state index contributed by atoms with van der Waals surface area (Å²) in [6.45, 7) is 0.786. The quantitative estimate of drug-likeness (QED) is 0.660. The molecule has 1 aliphatic heterocycles. The topological polar surface area (TPSA) is 108 Å². The molecule has 27 heavy (non-hydrogen) atoms. The molecule has 1 unspecified atom stereocenters.